The fourth-order valence-corrected chi connectivity index (χ4v) is 6.22. The molecule has 0 spiro atoms. The Labute approximate surface area is 173 Å². The van der Waals surface area contributed by atoms with Crippen LogP contribution in [0.1, 0.15) is 49.9 Å². The lowest BCUT2D eigenvalue weighted by molar-refractivity contribution is 0.0708. The van der Waals surface area contributed by atoms with Crippen LogP contribution in [-0.2, 0) is 10.0 Å². The van der Waals surface area contributed by atoms with Crippen LogP contribution >= 0.6 is 11.6 Å². The average molecular weight is 428 g/mol. The van der Waals surface area contributed by atoms with E-state index in [0.29, 0.717) is 18.7 Å². The van der Waals surface area contributed by atoms with E-state index in [9.17, 15) is 13.2 Å². The molecular formula is C20H30ClN3O3S. The molecule has 2 fully saturated rings. The minimum Gasteiger partial charge on any atom is -0.334 e. The SMILES string of the molecule is CCN(CC)S(=O)(=O)c1cc(C(=O)N2CCCC2CN2CCCC2)ccc1Cl. The molecular weight excluding hydrogens is 398 g/mol. The minimum atomic E-state index is -3.72. The second-order valence-corrected chi connectivity index (χ2v) is 9.85. The van der Waals surface area contributed by atoms with Gasteiger partial charge in [0.25, 0.3) is 5.91 Å². The van der Waals surface area contributed by atoms with Gasteiger partial charge in [-0.3, -0.25) is 4.79 Å². The van der Waals surface area contributed by atoms with E-state index in [4.69, 9.17) is 11.6 Å². The molecule has 0 aromatic heterocycles. The Bertz CT molecular complexity index is 805. The van der Waals surface area contributed by atoms with Gasteiger partial charge >= 0.3 is 0 Å². The zero-order chi connectivity index (χ0) is 20.3. The van der Waals surface area contributed by atoms with Crippen molar-refractivity contribution in [2.75, 3.05) is 39.3 Å². The highest BCUT2D eigenvalue weighted by atomic mass is 35.5. The monoisotopic (exact) mass is 427 g/mol. The van der Waals surface area contributed by atoms with Gasteiger partial charge in [-0.05, 0) is 57.0 Å². The van der Waals surface area contributed by atoms with Gasteiger partial charge < -0.3 is 9.80 Å². The molecule has 0 bridgehead atoms. The maximum Gasteiger partial charge on any atom is 0.254 e. The van der Waals surface area contributed by atoms with Crippen molar-refractivity contribution in [2.45, 2.75) is 50.5 Å². The maximum atomic E-state index is 13.2. The smallest absolute Gasteiger partial charge is 0.254 e. The molecule has 156 valence electrons. The number of hydrogen-bond donors (Lipinski definition) is 0. The number of amides is 1. The summed E-state index contributed by atoms with van der Waals surface area (Å²) in [6, 6.07) is 4.81. The predicted octanol–water partition coefficient (Wildman–Crippen LogP) is 3.07. The topological polar surface area (TPSA) is 60.9 Å². The number of hydrogen-bond acceptors (Lipinski definition) is 4. The summed E-state index contributed by atoms with van der Waals surface area (Å²) in [5.41, 5.74) is 0.392. The second kappa shape index (κ2) is 9.11. The van der Waals surface area contributed by atoms with Crippen LogP contribution in [0.3, 0.4) is 0 Å². The first-order chi connectivity index (χ1) is 13.4. The maximum absolute atomic E-state index is 13.2. The van der Waals surface area contributed by atoms with Crippen molar-refractivity contribution in [1.29, 1.82) is 0 Å². The van der Waals surface area contributed by atoms with Crippen molar-refractivity contribution < 1.29 is 13.2 Å². The molecule has 6 nitrogen and oxygen atoms in total. The van der Waals surface area contributed by atoms with Gasteiger partial charge in [-0.25, -0.2) is 8.42 Å². The number of nitrogens with zero attached hydrogens (tertiary/aromatic N) is 3. The highest BCUT2D eigenvalue weighted by molar-refractivity contribution is 7.89. The number of benzene rings is 1. The lowest BCUT2D eigenvalue weighted by Gasteiger charge is -2.29. The highest BCUT2D eigenvalue weighted by Crippen LogP contribution is 2.28. The van der Waals surface area contributed by atoms with Crippen LogP contribution in [-0.4, -0.2) is 73.7 Å². The minimum absolute atomic E-state index is 0.0130. The van der Waals surface area contributed by atoms with Crippen molar-refractivity contribution in [3.63, 3.8) is 0 Å². The van der Waals surface area contributed by atoms with Gasteiger partial charge in [0.05, 0.1) is 5.02 Å². The zero-order valence-electron chi connectivity index (χ0n) is 16.7. The molecule has 1 atom stereocenters. The molecule has 1 amide bonds. The average Bonchev–Trinajstić information content (AvgIpc) is 3.34. The van der Waals surface area contributed by atoms with E-state index in [1.54, 1.807) is 19.9 Å². The fourth-order valence-electron chi connectivity index (χ4n) is 4.26. The van der Waals surface area contributed by atoms with E-state index in [0.717, 1.165) is 39.0 Å². The molecule has 2 aliphatic heterocycles. The highest BCUT2D eigenvalue weighted by Gasteiger charge is 2.32. The number of carbonyl (C=O) groups excluding carboxylic acids is 1. The molecule has 0 radical (unpaired) electrons. The number of likely N-dealkylation sites (tertiary alicyclic amines) is 2. The third kappa shape index (κ3) is 4.37. The Hall–Kier alpha value is -1.15. The number of rotatable bonds is 7. The molecule has 28 heavy (non-hydrogen) atoms. The lowest BCUT2D eigenvalue weighted by Crippen LogP contribution is -2.42. The summed E-state index contributed by atoms with van der Waals surface area (Å²) in [6.45, 7) is 8.13. The predicted molar refractivity (Wildman–Crippen MR) is 111 cm³/mol. The van der Waals surface area contributed by atoms with E-state index in [1.807, 2.05) is 4.90 Å². The standard InChI is InChI=1S/C20H30ClN3O3S/c1-3-23(4-2)28(26,27)19-14-16(9-10-18(19)21)20(25)24-13-7-8-17(24)15-22-11-5-6-12-22/h9-10,14,17H,3-8,11-13,15H2,1-2H3. The first kappa shape index (κ1) is 21.6. The zero-order valence-corrected chi connectivity index (χ0v) is 18.3. The quantitative estimate of drug-likeness (QED) is 0.670. The molecule has 2 aliphatic rings. The first-order valence-electron chi connectivity index (χ1n) is 10.2. The number of sulfonamides is 1. The van der Waals surface area contributed by atoms with Crippen molar-refractivity contribution in [1.82, 2.24) is 14.1 Å². The summed E-state index contributed by atoms with van der Waals surface area (Å²) in [7, 11) is -3.72. The van der Waals surface area contributed by atoms with Gasteiger partial charge in [0.15, 0.2) is 0 Å². The normalized spacial score (nSPS) is 21.0. The van der Waals surface area contributed by atoms with Gasteiger partial charge in [-0.15, -0.1) is 0 Å². The molecule has 2 heterocycles. The Morgan fingerprint density at radius 2 is 1.82 bits per heavy atom. The summed E-state index contributed by atoms with van der Waals surface area (Å²) < 4.78 is 27.2. The van der Waals surface area contributed by atoms with Crippen LogP contribution in [0.2, 0.25) is 5.02 Å². The van der Waals surface area contributed by atoms with Crippen molar-refractivity contribution in [3.8, 4) is 0 Å². The van der Waals surface area contributed by atoms with Crippen molar-refractivity contribution >= 4 is 27.5 Å². The summed E-state index contributed by atoms with van der Waals surface area (Å²) in [5.74, 6) is -0.102. The van der Waals surface area contributed by atoms with Crippen LogP contribution in [0.5, 0.6) is 0 Å². The molecule has 3 rings (SSSR count). The molecule has 8 heteroatoms. The Morgan fingerprint density at radius 1 is 1.14 bits per heavy atom. The van der Waals surface area contributed by atoms with Crippen LogP contribution < -0.4 is 0 Å². The summed E-state index contributed by atoms with van der Waals surface area (Å²) in [6.07, 6.45) is 4.44. The van der Waals surface area contributed by atoms with E-state index < -0.39 is 10.0 Å². The molecule has 1 aromatic carbocycles. The largest absolute Gasteiger partial charge is 0.334 e. The molecule has 1 aromatic rings. The van der Waals surface area contributed by atoms with Gasteiger partial charge in [-0.2, -0.15) is 4.31 Å². The van der Waals surface area contributed by atoms with Crippen LogP contribution in [0.25, 0.3) is 0 Å². The van der Waals surface area contributed by atoms with Gasteiger partial charge in [0.2, 0.25) is 10.0 Å². The summed E-state index contributed by atoms with van der Waals surface area (Å²) >= 11 is 6.21. The van der Waals surface area contributed by atoms with Crippen LogP contribution in [0.15, 0.2) is 23.1 Å². The third-order valence-electron chi connectivity index (χ3n) is 5.81. The van der Waals surface area contributed by atoms with Crippen LogP contribution in [0.4, 0.5) is 0 Å². The number of carbonyl (C=O) groups is 1. The molecule has 1 unspecified atom stereocenters. The summed E-state index contributed by atoms with van der Waals surface area (Å²) in [4.78, 5) is 17.5. The van der Waals surface area contributed by atoms with Gasteiger partial charge in [0, 0.05) is 37.8 Å². The Kier molecular flexibility index (Phi) is 7.02. The van der Waals surface area contributed by atoms with Crippen molar-refractivity contribution in [2.24, 2.45) is 0 Å². The van der Waals surface area contributed by atoms with Gasteiger partial charge in [-0.1, -0.05) is 25.4 Å². The third-order valence-corrected chi connectivity index (χ3v) is 8.34. The van der Waals surface area contributed by atoms with Gasteiger partial charge in [0.1, 0.15) is 4.90 Å². The number of halogens is 1. The second-order valence-electron chi connectivity index (χ2n) is 7.54. The Balaban J connectivity index is 1.84. The van der Waals surface area contributed by atoms with E-state index >= 15 is 0 Å². The Morgan fingerprint density at radius 3 is 2.46 bits per heavy atom. The fraction of sp³-hybridized carbons (Fsp3) is 0.650. The molecule has 0 N–H and O–H groups in total. The van der Waals surface area contributed by atoms with E-state index in [2.05, 4.69) is 4.90 Å². The molecule has 0 aliphatic carbocycles. The van der Waals surface area contributed by atoms with E-state index in [-0.39, 0.29) is 21.9 Å². The van der Waals surface area contributed by atoms with Crippen molar-refractivity contribution in [3.05, 3.63) is 28.8 Å². The van der Waals surface area contributed by atoms with E-state index in [1.165, 1.54) is 29.3 Å². The van der Waals surface area contributed by atoms with Crippen LogP contribution in [0, 0.1) is 0 Å². The lowest BCUT2D eigenvalue weighted by atomic mass is 10.1. The molecule has 2 saturated heterocycles. The first-order valence-corrected chi connectivity index (χ1v) is 12.0. The summed E-state index contributed by atoms with van der Waals surface area (Å²) in [5, 5.41) is 0.151. The molecule has 0 saturated carbocycles.